The molecule has 1 aliphatic rings. The van der Waals surface area contributed by atoms with Gasteiger partial charge in [-0.1, -0.05) is 29.8 Å². The second-order valence-corrected chi connectivity index (χ2v) is 7.80. The van der Waals surface area contributed by atoms with E-state index in [-0.39, 0.29) is 5.91 Å². The monoisotopic (exact) mass is 438 g/mol. The Morgan fingerprint density at radius 2 is 1.90 bits per heavy atom. The number of benzene rings is 2. The summed E-state index contributed by atoms with van der Waals surface area (Å²) >= 11 is 6.22. The van der Waals surface area contributed by atoms with Gasteiger partial charge in [-0.25, -0.2) is 4.79 Å². The molecule has 1 aliphatic heterocycles. The molecule has 0 atom stereocenters. The summed E-state index contributed by atoms with van der Waals surface area (Å²) in [6, 6.07) is 12.8. The molecule has 2 aromatic carbocycles. The van der Waals surface area contributed by atoms with E-state index in [0.717, 1.165) is 37.2 Å². The molecule has 160 valence electrons. The van der Waals surface area contributed by atoms with Crippen molar-refractivity contribution >= 4 is 34.9 Å². The van der Waals surface area contributed by atoms with Crippen LogP contribution in [0.25, 0.3) is 0 Å². The maximum atomic E-state index is 12.9. The molecule has 7 nitrogen and oxygen atoms in total. The van der Waals surface area contributed by atoms with Crippen molar-refractivity contribution in [3.05, 3.63) is 76.6 Å². The average molecular weight is 439 g/mol. The molecule has 1 fully saturated rings. The minimum atomic E-state index is -0.448. The van der Waals surface area contributed by atoms with E-state index < -0.39 is 5.97 Å². The number of hydrogen-bond donors (Lipinski definition) is 1. The first kappa shape index (κ1) is 20.9. The van der Waals surface area contributed by atoms with Gasteiger partial charge in [0.2, 0.25) is 0 Å². The summed E-state index contributed by atoms with van der Waals surface area (Å²) < 4.78 is 6.50. The van der Waals surface area contributed by atoms with E-state index in [1.165, 1.54) is 13.3 Å². The van der Waals surface area contributed by atoms with Gasteiger partial charge < -0.3 is 15.0 Å². The van der Waals surface area contributed by atoms with Crippen LogP contribution in [-0.2, 0) is 11.3 Å². The molecule has 0 spiro atoms. The SMILES string of the molecule is COC(=O)c1ccc(N2CCCC2)c(NC(=O)c2cnn(Cc3ccccc3Cl)c2)c1. The Morgan fingerprint density at radius 1 is 1.13 bits per heavy atom. The highest BCUT2D eigenvalue weighted by molar-refractivity contribution is 6.31. The molecule has 1 aromatic heterocycles. The van der Waals surface area contributed by atoms with Crippen molar-refractivity contribution in [1.82, 2.24) is 9.78 Å². The smallest absolute Gasteiger partial charge is 0.337 e. The maximum Gasteiger partial charge on any atom is 0.337 e. The first-order valence-electron chi connectivity index (χ1n) is 10.1. The van der Waals surface area contributed by atoms with E-state index >= 15 is 0 Å². The van der Waals surface area contributed by atoms with Gasteiger partial charge in [-0.2, -0.15) is 5.10 Å². The van der Waals surface area contributed by atoms with Crippen molar-refractivity contribution in [2.45, 2.75) is 19.4 Å². The Kier molecular flexibility index (Phi) is 6.23. The first-order valence-corrected chi connectivity index (χ1v) is 10.5. The van der Waals surface area contributed by atoms with Gasteiger partial charge in [0.1, 0.15) is 0 Å². The second kappa shape index (κ2) is 9.22. The highest BCUT2D eigenvalue weighted by Crippen LogP contribution is 2.31. The van der Waals surface area contributed by atoms with Gasteiger partial charge >= 0.3 is 5.97 Å². The van der Waals surface area contributed by atoms with E-state index in [2.05, 4.69) is 15.3 Å². The Morgan fingerprint density at radius 3 is 2.65 bits per heavy atom. The standard InChI is InChI=1S/C23H23ClN4O3/c1-31-23(30)16-8-9-21(27-10-4-5-11-27)20(12-16)26-22(29)18-13-25-28(15-18)14-17-6-2-3-7-19(17)24/h2-3,6-9,12-13,15H,4-5,10-11,14H2,1H3,(H,26,29). The molecular weight excluding hydrogens is 416 g/mol. The number of anilines is 2. The predicted molar refractivity (Wildman–Crippen MR) is 120 cm³/mol. The molecule has 8 heteroatoms. The minimum absolute atomic E-state index is 0.298. The minimum Gasteiger partial charge on any atom is -0.465 e. The van der Waals surface area contributed by atoms with Crippen molar-refractivity contribution in [2.24, 2.45) is 0 Å². The zero-order chi connectivity index (χ0) is 21.8. The van der Waals surface area contributed by atoms with E-state index in [1.54, 1.807) is 23.0 Å². The largest absolute Gasteiger partial charge is 0.465 e. The van der Waals surface area contributed by atoms with Gasteiger partial charge in [0, 0.05) is 24.3 Å². The lowest BCUT2D eigenvalue weighted by molar-refractivity contribution is 0.0600. The van der Waals surface area contributed by atoms with Crippen molar-refractivity contribution < 1.29 is 14.3 Å². The van der Waals surface area contributed by atoms with E-state index in [4.69, 9.17) is 16.3 Å². The summed E-state index contributed by atoms with van der Waals surface area (Å²) in [5, 5.41) is 7.88. The second-order valence-electron chi connectivity index (χ2n) is 7.39. The lowest BCUT2D eigenvalue weighted by Crippen LogP contribution is -2.21. The van der Waals surface area contributed by atoms with Crippen molar-refractivity contribution in [3.8, 4) is 0 Å². The number of rotatable bonds is 6. The number of ether oxygens (including phenoxy) is 1. The van der Waals surface area contributed by atoms with E-state index in [1.807, 2.05) is 30.3 Å². The number of halogens is 1. The van der Waals surface area contributed by atoms with Gasteiger partial charge in [-0.15, -0.1) is 0 Å². The third kappa shape index (κ3) is 4.72. The average Bonchev–Trinajstić information content (AvgIpc) is 3.47. The van der Waals surface area contributed by atoms with Crippen LogP contribution in [0.3, 0.4) is 0 Å². The van der Waals surface area contributed by atoms with Crippen LogP contribution >= 0.6 is 11.6 Å². The fourth-order valence-corrected chi connectivity index (χ4v) is 3.87. The van der Waals surface area contributed by atoms with Crippen molar-refractivity contribution in [1.29, 1.82) is 0 Å². The van der Waals surface area contributed by atoms with Gasteiger partial charge in [0.15, 0.2) is 0 Å². The molecule has 1 saturated heterocycles. The number of nitrogens with one attached hydrogen (secondary N) is 1. The maximum absolute atomic E-state index is 12.9. The van der Waals surface area contributed by atoms with Crippen LogP contribution in [0.1, 0.15) is 39.1 Å². The number of nitrogens with zero attached hydrogens (tertiary/aromatic N) is 3. The number of carbonyl (C=O) groups is 2. The van der Waals surface area contributed by atoms with Crippen molar-refractivity contribution in [3.63, 3.8) is 0 Å². The third-order valence-corrected chi connectivity index (χ3v) is 5.67. The quantitative estimate of drug-likeness (QED) is 0.583. The molecular formula is C23H23ClN4O3. The number of esters is 1. The Balaban J connectivity index is 1.55. The van der Waals surface area contributed by atoms with Crippen LogP contribution in [0.5, 0.6) is 0 Å². The lowest BCUT2D eigenvalue weighted by Gasteiger charge is -2.22. The van der Waals surface area contributed by atoms with Crippen LogP contribution in [0.2, 0.25) is 5.02 Å². The number of carbonyl (C=O) groups excluding carboxylic acids is 2. The van der Waals surface area contributed by atoms with Crippen LogP contribution in [0, 0.1) is 0 Å². The molecule has 1 N–H and O–H groups in total. The molecule has 0 unspecified atom stereocenters. The zero-order valence-electron chi connectivity index (χ0n) is 17.2. The number of hydrogen-bond acceptors (Lipinski definition) is 5. The van der Waals surface area contributed by atoms with Gasteiger partial charge in [-0.3, -0.25) is 9.48 Å². The fourth-order valence-electron chi connectivity index (χ4n) is 3.68. The summed E-state index contributed by atoms with van der Waals surface area (Å²) in [4.78, 5) is 27.1. The number of methoxy groups -OCH3 is 1. The first-order chi connectivity index (χ1) is 15.0. The fraction of sp³-hybridized carbons (Fsp3) is 0.261. The summed E-state index contributed by atoms with van der Waals surface area (Å²) in [5.41, 5.74) is 3.19. The highest BCUT2D eigenvalue weighted by Gasteiger charge is 2.20. The molecule has 0 radical (unpaired) electrons. The summed E-state index contributed by atoms with van der Waals surface area (Å²) in [6.45, 7) is 2.29. The molecule has 0 saturated carbocycles. The van der Waals surface area contributed by atoms with Gasteiger partial charge in [-0.05, 0) is 42.7 Å². The topological polar surface area (TPSA) is 76.5 Å². The number of amides is 1. The highest BCUT2D eigenvalue weighted by atomic mass is 35.5. The predicted octanol–water partition coefficient (Wildman–Crippen LogP) is 4.22. The van der Waals surface area contributed by atoms with Crippen LogP contribution < -0.4 is 10.2 Å². The third-order valence-electron chi connectivity index (χ3n) is 5.30. The normalized spacial score (nSPS) is 13.3. The molecule has 3 aromatic rings. The summed E-state index contributed by atoms with van der Waals surface area (Å²) in [6.07, 6.45) is 5.39. The summed E-state index contributed by atoms with van der Waals surface area (Å²) in [7, 11) is 1.34. The molecule has 0 bridgehead atoms. The van der Waals surface area contributed by atoms with E-state index in [9.17, 15) is 9.59 Å². The van der Waals surface area contributed by atoms with Gasteiger partial charge in [0.25, 0.3) is 5.91 Å². The van der Waals surface area contributed by atoms with E-state index in [0.29, 0.717) is 28.4 Å². The molecule has 1 amide bonds. The Labute approximate surface area is 185 Å². The van der Waals surface area contributed by atoms with Gasteiger partial charge in [0.05, 0.1) is 42.4 Å². The molecule has 0 aliphatic carbocycles. The Bertz CT molecular complexity index is 1110. The van der Waals surface area contributed by atoms with Crippen molar-refractivity contribution in [2.75, 3.05) is 30.4 Å². The molecule has 4 rings (SSSR count). The lowest BCUT2D eigenvalue weighted by atomic mass is 10.1. The Hall–Kier alpha value is -3.32. The zero-order valence-corrected chi connectivity index (χ0v) is 17.9. The molecule has 2 heterocycles. The summed E-state index contributed by atoms with van der Waals surface area (Å²) in [5.74, 6) is -0.746. The van der Waals surface area contributed by atoms with Crippen LogP contribution in [0.15, 0.2) is 54.9 Å². The molecule has 31 heavy (non-hydrogen) atoms. The van der Waals surface area contributed by atoms with Crippen LogP contribution in [-0.4, -0.2) is 41.9 Å². The number of aromatic nitrogens is 2. The van der Waals surface area contributed by atoms with Crippen LogP contribution in [0.4, 0.5) is 11.4 Å².